The molecule has 0 aliphatic rings. The van der Waals surface area contributed by atoms with Crippen molar-refractivity contribution in [1.82, 2.24) is 14.7 Å². The molecule has 0 saturated heterocycles. The highest BCUT2D eigenvalue weighted by Crippen LogP contribution is 2.18. The fraction of sp³-hybridized carbons (Fsp3) is 0.312. The summed E-state index contributed by atoms with van der Waals surface area (Å²) in [5.74, 6) is 0. The van der Waals surface area contributed by atoms with Crippen molar-refractivity contribution in [3.8, 4) is 11.8 Å². The van der Waals surface area contributed by atoms with E-state index in [-0.39, 0.29) is 0 Å². The van der Waals surface area contributed by atoms with E-state index in [1.54, 1.807) is 16.9 Å². The van der Waals surface area contributed by atoms with Crippen molar-refractivity contribution in [2.45, 2.75) is 32.9 Å². The highest BCUT2D eigenvalue weighted by Gasteiger charge is 2.25. The zero-order valence-electron chi connectivity index (χ0n) is 12.8. The normalized spacial score (nSPS) is 11.0. The molecule has 2 aromatic rings. The van der Waals surface area contributed by atoms with E-state index in [0.29, 0.717) is 12.2 Å². The highest BCUT2D eigenvalue weighted by atomic mass is 16.4. The molecule has 1 aromatic heterocycles. The van der Waals surface area contributed by atoms with Crippen molar-refractivity contribution >= 4 is 6.09 Å². The van der Waals surface area contributed by atoms with Crippen LogP contribution in [0.3, 0.4) is 0 Å². The smallest absolute Gasteiger partial charge is 0.408 e. The Hall–Kier alpha value is -2.81. The first-order valence-corrected chi connectivity index (χ1v) is 6.87. The van der Waals surface area contributed by atoms with Crippen molar-refractivity contribution in [3.63, 3.8) is 0 Å². The summed E-state index contributed by atoms with van der Waals surface area (Å²) in [7, 11) is 0. The molecule has 0 bridgehead atoms. The van der Waals surface area contributed by atoms with E-state index in [1.165, 1.54) is 4.90 Å². The molecule has 1 heterocycles. The molecule has 6 nitrogen and oxygen atoms in total. The predicted octanol–water partition coefficient (Wildman–Crippen LogP) is 3.02. The number of nitrogens with zero attached hydrogens (tertiary/aromatic N) is 4. The van der Waals surface area contributed by atoms with E-state index in [9.17, 15) is 9.90 Å². The summed E-state index contributed by atoms with van der Waals surface area (Å²) in [6.45, 7) is 5.91. The van der Waals surface area contributed by atoms with Crippen LogP contribution < -0.4 is 0 Å². The largest absolute Gasteiger partial charge is 0.465 e. The molecule has 0 saturated carbocycles. The van der Waals surface area contributed by atoms with Crippen LogP contribution in [0.2, 0.25) is 0 Å². The molecule has 1 N–H and O–H groups in total. The van der Waals surface area contributed by atoms with Crippen molar-refractivity contribution in [2.24, 2.45) is 0 Å². The summed E-state index contributed by atoms with van der Waals surface area (Å²) in [4.78, 5) is 12.7. The first-order valence-electron chi connectivity index (χ1n) is 6.87. The molecule has 2 rings (SSSR count). The van der Waals surface area contributed by atoms with Crippen LogP contribution in [-0.4, -0.2) is 31.4 Å². The Morgan fingerprint density at radius 3 is 2.41 bits per heavy atom. The van der Waals surface area contributed by atoms with Gasteiger partial charge in [-0.3, -0.25) is 4.90 Å². The van der Waals surface area contributed by atoms with Crippen LogP contribution in [0.1, 0.15) is 32.0 Å². The maximum absolute atomic E-state index is 11.4. The van der Waals surface area contributed by atoms with Crippen LogP contribution in [0.5, 0.6) is 0 Å². The summed E-state index contributed by atoms with van der Waals surface area (Å²) < 4.78 is 1.61. The summed E-state index contributed by atoms with van der Waals surface area (Å²) in [5.41, 5.74) is 1.61. The zero-order valence-corrected chi connectivity index (χ0v) is 12.8. The van der Waals surface area contributed by atoms with Gasteiger partial charge in [0.15, 0.2) is 5.69 Å². The lowest BCUT2D eigenvalue weighted by Gasteiger charge is -2.33. The summed E-state index contributed by atoms with van der Waals surface area (Å²) >= 11 is 0. The maximum atomic E-state index is 11.4. The summed E-state index contributed by atoms with van der Waals surface area (Å²) in [5, 5.41) is 22.2. The Morgan fingerprint density at radius 2 is 1.95 bits per heavy atom. The van der Waals surface area contributed by atoms with Crippen molar-refractivity contribution in [1.29, 1.82) is 5.26 Å². The van der Waals surface area contributed by atoms with Gasteiger partial charge in [0.1, 0.15) is 6.07 Å². The lowest BCUT2D eigenvalue weighted by Crippen LogP contribution is -2.44. The number of nitriles is 1. The van der Waals surface area contributed by atoms with Gasteiger partial charge >= 0.3 is 6.09 Å². The van der Waals surface area contributed by atoms with Crippen molar-refractivity contribution < 1.29 is 9.90 Å². The van der Waals surface area contributed by atoms with Crippen LogP contribution in [0.25, 0.3) is 5.69 Å². The Balaban J connectivity index is 2.18. The van der Waals surface area contributed by atoms with E-state index in [1.807, 2.05) is 51.1 Å². The van der Waals surface area contributed by atoms with Crippen LogP contribution >= 0.6 is 0 Å². The Bertz CT molecular complexity index is 705. The van der Waals surface area contributed by atoms with Crippen molar-refractivity contribution in [2.75, 3.05) is 0 Å². The molecule has 1 amide bonds. The van der Waals surface area contributed by atoms with Gasteiger partial charge in [-0.1, -0.05) is 12.1 Å². The number of hydrogen-bond acceptors (Lipinski definition) is 3. The highest BCUT2D eigenvalue weighted by molar-refractivity contribution is 5.66. The van der Waals surface area contributed by atoms with E-state index in [4.69, 9.17) is 5.26 Å². The lowest BCUT2D eigenvalue weighted by atomic mass is 10.1. The Kier molecular flexibility index (Phi) is 4.18. The molecule has 0 radical (unpaired) electrons. The zero-order chi connectivity index (χ0) is 16.3. The van der Waals surface area contributed by atoms with Gasteiger partial charge in [-0.2, -0.15) is 10.4 Å². The van der Waals surface area contributed by atoms with E-state index in [2.05, 4.69) is 5.10 Å². The van der Waals surface area contributed by atoms with Gasteiger partial charge < -0.3 is 5.11 Å². The van der Waals surface area contributed by atoms with Gasteiger partial charge in [0.05, 0.1) is 5.69 Å². The average molecular weight is 298 g/mol. The standard InChI is InChI=1S/C16H18N4O2/c1-16(2,3)19(15(21)22)11-12-4-6-14(7-5-12)20-9-8-13(10-17)18-20/h4-9H,11H2,1-3H3,(H,21,22). The van der Waals surface area contributed by atoms with E-state index >= 15 is 0 Å². The minimum Gasteiger partial charge on any atom is -0.465 e. The minimum atomic E-state index is -0.942. The Labute approximate surface area is 129 Å². The molecule has 0 fully saturated rings. The number of benzene rings is 1. The van der Waals surface area contributed by atoms with Gasteiger partial charge in [-0.15, -0.1) is 0 Å². The van der Waals surface area contributed by atoms with Gasteiger partial charge in [0.25, 0.3) is 0 Å². The molecular weight excluding hydrogens is 280 g/mol. The molecule has 1 aromatic carbocycles. The summed E-state index contributed by atoms with van der Waals surface area (Å²) in [6, 6.07) is 11.1. The molecule has 22 heavy (non-hydrogen) atoms. The van der Waals surface area contributed by atoms with Gasteiger partial charge in [0, 0.05) is 18.3 Å². The predicted molar refractivity (Wildman–Crippen MR) is 81.6 cm³/mol. The molecule has 0 aliphatic heterocycles. The van der Waals surface area contributed by atoms with Crippen LogP contribution in [0, 0.1) is 11.3 Å². The molecule has 114 valence electrons. The first kappa shape index (κ1) is 15.6. The number of amides is 1. The Morgan fingerprint density at radius 1 is 1.32 bits per heavy atom. The van der Waals surface area contributed by atoms with Crippen LogP contribution in [-0.2, 0) is 6.54 Å². The number of hydrogen-bond donors (Lipinski definition) is 1. The number of aromatic nitrogens is 2. The second-order valence-electron chi connectivity index (χ2n) is 5.96. The van der Waals surface area contributed by atoms with E-state index in [0.717, 1.165) is 11.3 Å². The minimum absolute atomic E-state index is 0.321. The van der Waals surface area contributed by atoms with Crippen molar-refractivity contribution in [3.05, 3.63) is 47.8 Å². The summed E-state index contributed by atoms with van der Waals surface area (Å²) in [6.07, 6.45) is 0.772. The second-order valence-corrected chi connectivity index (χ2v) is 5.96. The lowest BCUT2D eigenvalue weighted by molar-refractivity contribution is 0.0955. The molecule has 0 unspecified atom stereocenters. The fourth-order valence-corrected chi connectivity index (χ4v) is 2.06. The molecular formula is C16H18N4O2. The number of carboxylic acid groups (broad SMARTS) is 1. The quantitative estimate of drug-likeness (QED) is 0.944. The van der Waals surface area contributed by atoms with Crippen LogP contribution in [0.4, 0.5) is 4.79 Å². The SMILES string of the molecule is CC(C)(C)N(Cc1ccc(-n2ccc(C#N)n2)cc1)C(=O)O. The van der Waals surface area contributed by atoms with E-state index < -0.39 is 11.6 Å². The van der Waals surface area contributed by atoms with Gasteiger partial charge in [0.2, 0.25) is 0 Å². The number of carbonyl (C=O) groups is 1. The van der Waals surface area contributed by atoms with Gasteiger partial charge in [-0.25, -0.2) is 9.48 Å². The molecule has 0 spiro atoms. The average Bonchev–Trinajstić information content (AvgIpc) is 2.92. The fourth-order valence-electron chi connectivity index (χ4n) is 2.06. The first-order chi connectivity index (χ1) is 10.3. The third kappa shape index (κ3) is 3.44. The van der Waals surface area contributed by atoms with Gasteiger partial charge in [-0.05, 0) is 44.5 Å². The second kappa shape index (κ2) is 5.90. The molecule has 6 heteroatoms. The molecule has 0 aliphatic carbocycles. The number of rotatable bonds is 3. The van der Waals surface area contributed by atoms with Crippen LogP contribution in [0.15, 0.2) is 36.5 Å². The third-order valence-electron chi connectivity index (χ3n) is 3.29. The third-order valence-corrected chi connectivity index (χ3v) is 3.29. The topological polar surface area (TPSA) is 82.2 Å². The molecule has 0 atom stereocenters. The maximum Gasteiger partial charge on any atom is 0.408 e. The monoisotopic (exact) mass is 298 g/mol.